The summed E-state index contributed by atoms with van der Waals surface area (Å²) in [4.78, 5) is 0. The maximum atomic E-state index is 10.2. The molecule has 36 valence electrons. The molecule has 0 aromatic heterocycles. The van der Waals surface area contributed by atoms with Gasteiger partial charge in [0.2, 0.25) is 0 Å². The van der Waals surface area contributed by atoms with Gasteiger partial charge in [-0.25, -0.2) is 0 Å². The van der Waals surface area contributed by atoms with E-state index in [1.807, 2.05) is 0 Å². The van der Waals surface area contributed by atoms with Gasteiger partial charge >= 0.3 is 0 Å². The van der Waals surface area contributed by atoms with Gasteiger partial charge in [0.25, 0.3) is 0 Å². The Hall–Kier alpha value is 0.520. The molecule has 0 N–H and O–H groups in total. The normalized spacial score (nSPS) is 26.8. The summed E-state index contributed by atoms with van der Waals surface area (Å²) in [5, 5.41) is 0. The molecule has 0 spiro atoms. The zero-order valence-corrected chi connectivity index (χ0v) is 5.03. The summed E-state index contributed by atoms with van der Waals surface area (Å²) >= 11 is 5.22. The van der Waals surface area contributed by atoms with Gasteiger partial charge in [-0.05, 0) is 12.8 Å². The fourth-order valence-electron chi connectivity index (χ4n) is 0.310. The number of hydrogen-bond acceptors (Lipinski definition) is 1. The molecule has 1 fully saturated rings. The summed E-state index contributed by atoms with van der Waals surface area (Å²) in [7, 11) is -1.62. The van der Waals surface area contributed by atoms with Crippen molar-refractivity contribution in [3.05, 3.63) is 0 Å². The van der Waals surface area contributed by atoms with E-state index < -0.39 is 7.15 Å². The third-order valence-corrected chi connectivity index (χ3v) is 3.04. The zero-order chi connectivity index (χ0) is 4.57. The lowest BCUT2D eigenvalue weighted by molar-refractivity contribution is 0.595. The molecular formula is C3H6ClOP. The first kappa shape index (κ1) is 4.67. The Bertz CT molecular complexity index is 78.9. The predicted molar refractivity (Wildman–Crippen MR) is 27.9 cm³/mol. The van der Waals surface area contributed by atoms with Crippen molar-refractivity contribution < 1.29 is 4.57 Å². The van der Waals surface area contributed by atoms with Gasteiger partial charge in [-0.1, -0.05) is 11.2 Å². The highest BCUT2D eigenvalue weighted by atomic mass is 35.7. The lowest BCUT2D eigenvalue weighted by Gasteiger charge is -1.75. The maximum absolute atomic E-state index is 10.2. The molecule has 1 atom stereocenters. The van der Waals surface area contributed by atoms with E-state index in [1.165, 1.54) is 0 Å². The summed E-state index contributed by atoms with van der Waals surface area (Å²) in [6.45, 7) is 0. The molecule has 0 heterocycles. The van der Waals surface area contributed by atoms with Crippen LogP contribution < -0.4 is 0 Å². The second-order valence-corrected chi connectivity index (χ2v) is 4.12. The fourth-order valence-corrected chi connectivity index (χ4v) is 1.59. The van der Waals surface area contributed by atoms with E-state index in [0.29, 0.717) is 5.66 Å². The Kier molecular flexibility index (Phi) is 1.21. The van der Waals surface area contributed by atoms with E-state index >= 15 is 0 Å². The molecule has 1 aliphatic carbocycles. The summed E-state index contributed by atoms with van der Waals surface area (Å²) in [5.74, 6) is 0. The Morgan fingerprint density at radius 3 is 2.17 bits per heavy atom. The quantitative estimate of drug-likeness (QED) is 0.488. The van der Waals surface area contributed by atoms with Gasteiger partial charge < -0.3 is 4.57 Å². The van der Waals surface area contributed by atoms with Crippen molar-refractivity contribution in [1.82, 2.24) is 0 Å². The first-order valence-corrected chi connectivity index (χ1v) is 4.50. The number of rotatable bonds is 1. The highest BCUT2D eigenvalue weighted by molar-refractivity contribution is 7.74. The fraction of sp³-hybridized carbons (Fsp3) is 1.00. The Balaban J connectivity index is 2.31. The zero-order valence-electron chi connectivity index (χ0n) is 3.28. The number of hydrogen-bond donors (Lipinski definition) is 0. The van der Waals surface area contributed by atoms with Crippen LogP contribution in [0.2, 0.25) is 0 Å². The van der Waals surface area contributed by atoms with Gasteiger partial charge in [0, 0.05) is 5.66 Å². The summed E-state index contributed by atoms with van der Waals surface area (Å²) in [6.07, 6.45) is 2.20. The van der Waals surface area contributed by atoms with Gasteiger partial charge in [0.15, 0.2) is 7.15 Å². The third-order valence-electron chi connectivity index (χ3n) is 0.898. The molecule has 1 rings (SSSR count). The molecular weight excluding hydrogens is 118 g/mol. The second-order valence-electron chi connectivity index (χ2n) is 1.58. The topological polar surface area (TPSA) is 17.1 Å². The van der Waals surface area contributed by atoms with Gasteiger partial charge in [0.05, 0.1) is 0 Å². The summed E-state index contributed by atoms with van der Waals surface area (Å²) in [5.41, 5.74) is 0.414. The monoisotopic (exact) mass is 124 g/mol. The maximum Gasteiger partial charge on any atom is 0.161 e. The summed E-state index contributed by atoms with van der Waals surface area (Å²) < 4.78 is 10.2. The van der Waals surface area contributed by atoms with E-state index in [-0.39, 0.29) is 0 Å². The molecule has 0 amide bonds. The molecule has 0 radical (unpaired) electrons. The van der Waals surface area contributed by atoms with Crippen molar-refractivity contribution in [3.8, 4) is 0 Å². The molecule has 0 bridgehead atoms. The highest BCUT2D eigenvalue weighted by Crippen LogP contribution is 2.47. The van der Waals surface area contributed by atoms with Crippen molar-refractivity contribution >= 4 is 18.4 Å². The minimum absolute atomic E-state index is 0.414. The van der Waals surface area contributed by atoms with Crippen molar-refractivity contribution in [2.45, 2.75) is 18.5 Å². The number of halogens is 1. The molecule has 0 aromatic carbocycles. The van der Waals surface area contributed by atoms with Crippen LogP contribution in [-0.4, -0.2) is 5.66 Å². The Morgan fingerprint density at radius 1 is 1.67 bits per heavy atom. The molecule has 6 heavy (non-hydrogen) atoms. The average Bonchev–Trinajstić information content (AvgIpc) is 2.06. The van der Waals surface area contributed by atoms with Gasteiger partial charge in [-0.15, -0.1) is 0 Å². The van der Waals surface area contributed by atoms with Crippen LogP contribution in [0.4, 0.5) is 0 Å². The van der Waals surface area contributed by atoms with E-state index in [1.54, 1.807) is 0 Å². The molecule has 0 saturated heterocycles. The van der Waals surface area contributed by atoms with E-state index in [4.69, 9.17) is 11.2 Å². The lowest BCUT2D eigenvalue weighted by atomic mass is 11.0. The smallest absolute Gasteiger partial charge is 0.161 e. The third kappa shape index (κ3) is 0.990. The van der Waals surface area contributed by atoms with Crippen molar-refractivity contribution in [1.29, 1.82) is 0 Å². The Labute approximate surface area is 42.3 Å². The van der Waals surface area contributed by atoms with Crippen LogP contribution in [0, 0.1) is 0 Å². The summed E-state index contributed by atoms with van der Waals surface area (Å²) in [6, 6.07) is 0. The molecule has 1 nitrogen and oxygen atoms in total. The largest absolute Gasteiger partial charge is 0.310 e. The Morgan fingerprint density at radius 2 is 2.17 bits per heavy atom. The second kappa shape index (κ2) is 1.55. The van der Waals surface area contributed by atoms with Crippen LogP contribution in [-0.2, 0) is 4.57 Å². The first-order valence-electron chi connectivity index (χ1n) is 2.00. The molecule has 0 aromatic rings. The molecule has 1 saturated carbocycles. The van der Waals surface area contributed by atoms with Crippen LogP contribution >= 0.6 is 18.4 Å². The first-order chi connectivity index (χ1) is 2.80. The average molecular weight is 125 g/mol. The minimum Gasteiger partial charge on any atom is -0.310 e. The van der Waals surface area contributed by atoms with Crippen LogP contribution in [0.5, 0.6) is 0 Å². The van der Waals surface area contributed by atoms with Crippen molar-refractivity contribution in [2.24, 2.45) is 0 Å². The van der Waals surface area contributed by atoms with Crippen LogP contribution in [0.3, 0.4) is 0 Å². The molecule has 1 aliphatic rings. The molecule has 1 unspecified atom stereocenters. The van der Waals surface area contributed by atoms with Gasteiger partial charge in [0.1, 0.15) is 0 Å². The van der Waals surface area contributed by atoms with Crippen molar-refractivity contribution in [3.63, 3.8) is 0 Å². The van der Waals surface area contributed by atoms with E-state index in [2.05, 4.69) is 0 Å². The van der Waals surface area contributed by atoms with Gasteiger partial charge in [-0.3, -0.25) is 0 Å². The highest BCUT2D eigenvalue weighted by Gasteiger charge is 2.25. The SMILES string of the molecule is O=[PH](Cl)C1CC1. The minimum atomic E-state index is -1.62. The van der Waals surface area contributed by atoms with Crippen molar-refractivity contribution in [2.75, 3.05) is 0 Å². The van der Waals surface area contributed by atoms with Gasteiger partial charge in [-0.2, -0.15) is 0 Å². The van der Waals surface area contributed by atoms with Crippen LogP contribution in [0.1, 0.15) is 12.8 Å². The van der Waals surface area contributed by atoms with E-state index in [9.17, 15) is 4.57 Å². The van der Waals surface area contributed by atoms with Crippen LogP contribution in [0.15, 0.2) is 0 Å². The van der Waals surface area contributed by atoms with E-state index in [0.717, 1.165) is 12.8 Å². The molecule has 3 heteroatoms. The lowest BCUT2D eigenvalue weighted by Crippen LogP contribution is -1.56. The molecule has 0 aliphatic heterocycles. The van der Waals surface area contributed by atoms with Crippen LogP contribution in [0.25, 0.3) is 0 Å². The standard InChI is InChI=1S/C3H6ClOP/c4-6(5)3-1-2-3/h3,6H,1-2H2. The predicted octanol–water partition coefficient (Wildman–Crippen LogP) is 1.86.